The van der Waals surface area contributed by atoms with Gasteiger partial charge in [-0.3, -0.25) is 0 Å². The lowest BCUT2D eigenvalue weighted by Gasteiger charge is -2.15. The Morgan fingerprint density at radius 3 is 2.30 bits per heavy atom. The van der Waals surface area contributed by atoms with E-state index in [1.54, 1.807) is 30.3 Å². The third-order valence-corrected chi connectivity index (χ3v) is 2.56. The van der Waals surface area contributed by atoms with Crippen LogP contribution >= 0.6 is 0 Å². The Balaban J connectivity index is 2.31. The van der Waals surface area contributed by atoms with E-state index in [2.05, 4.69) is 0 Å². The minimum atomic E-state index is -4.81. The number of rotatable bonds is 3. The van der Waals surface area contributed by atoms with Crippen LogP contribution in [0.4, 0.5) is 17.6 Å². The molecule has 2 aromatic rings. The number of halogens is 4. The van der Waals surface area contributed by atoms with E-state index < -0.39 is 29.1 Å². The van der Waals surface area contributed by atoms with Crippen LogP contribution in [0.25, 0.3) is 0 Å². The zero-order chi connectivity index (χ0) is 14.8. The molecule has 106 valence electrons. The summed E-state index contributed by atoms with van der Waals surface area (Å²) in [6.07, 6.45) is -4.81. The molecule has 2 aromatic carbocycles. The third-order valence-electron chi connectivity index (χ3n) is 2.56. The molecule has 0 fully saturated rings. The minimum Gasteiger partial charge on any atom is -0.508 e. The van der Waals surface area contributed by atoms with Crippen LogP contribution in [-0.4, -0.2) is 5.11 Å². The van der Waals surface area contributed by atoms with E-state index in [4.69, 9.17) is 9.84 Å². The molecule has 0 aliphatic heterocycles. The Kier molecular flexibility index (Phi) is 3.83. The number of hydrogen-bond acceptors (Lipinski definition) is 2. The molecule has 6 heteroatoms. The molecule has 20 heavy (non-hydrogen) atoms. The lowest BCUT2D eigenvalue weighted by Crippen LogP contribution is -2.10. The third kappa shape index (κ3) is 3.20. The molecule has 0 saturated heterocycles. The second kappa shape index (κ2) is 5.40. The molecule has 2 nitrogen and oxygen atoms in total. The highest BCUT2D eigenvalue weighted by Crippen LogP contribution is 2.40. The zero-order valence-electron chi connectivity index (χ0n) is 10.1. The predicted molar refractivity (Wildman–Crippen MR) is 63.8 cm³/mol. The van der Waals surface area contributed by atoms with E-state index in [0.717, 1.165) is 0 Å². The van der Waals surface area contributed by atoms with Crippen molar-refractivity contribution in [3.63, 3.8) is 0 Å². The lowest BCUT2D eigenvalue weighted by molar-refractivity contribution is -0.139. The average Bonchev–Trinajstić information content (AvgIpc) is 2.37. The maximum Gasteiger partial charge on any atom is 0.420 e. The van der Waals surface area contributed by atoms with Crippen molar-refractivity contribution in [2.24, 2.45) is 0 Å². The number of alkyl halides is 3. The highest BCUT2D eigenvalue weighted by atomic mass is 19.4. The van der Waals surface area contributed by atoms with Crippen LogP contribution in [0.15, 0.2) is 42.5 Å². The van der Waals surface area contributed by atoms with E-state index in [9.17, 15) is 17.6 Å². The number of phenolic OH excluding ortho intramolecular Hbond substituents is 1. The van der Waals surface area contributed by atoms with Gasteiger partial charge in [-0.2, -0.15) is 13.2 Å². The molecule has 0 spiro atoms. The van der Waals surface area contributed by atoms with Gasteiger partial charge in [-0.05, 0) is 11.6 Å². The summed E-state index contributed by atoms with van der Waals surface area (Å²) < 4.78 is 56.8. The van der Waals surface area contributed by atoms with Crippen molar-refractivity contribution in [1.82, 2.24) is 0 Å². The molecule has 0 amide bonds. The average molecular weight is 286 g/mol. The molecule has 0 radical (unpaired) electrons. The maximum absolute atomic E-state index is 13.6. The van der Waals surface area contributed by atoms with Gasteiger partial charge in [-0.15, -0.1) is 0 Å². The molecular formula is C14H10F4O2. The summed E-state index contributed by atoms with van der Waals surface area (Å²) >= 11 is 0. The normalized spacial score (nSPS) is 11.4. The van der Waals surface area contributed by atoms with Crippen LogP contribution in [0.5, 0.6) is 11.5 Å². The second-order valence-electron chi connectivity index (χ2n) is 4.08. The number of aromatic hydroxyl groups is 1. The Labute approximate surface area is 112 Å². The maximum atomic E-state index is 13.6. The van der Waals surface area contributed by atoms with E-state index >= 15 is 0 Å². The Morgan fingerprint density at radius 2 is 1.70 bits per heavy atom. The molecule has 0 bridgehead atoms. The van der Waals surface area contributed by atoms with E-state index in [0.29, 0.717) is 17.7 Å². The van der Waals surface area contributed by atoms with Crippen molar-refractivity contribution in [2.75, 3.05) is 0 Å². The largest absolute Gasteiger partial charge is 0.508 e. The van der Waals surface area contributed by atoms with Crippen LogP contribution in [0.1, 0.15) is 11.1 Å². The van der Waals surface area contributed by atoms with Gasteiger partial charge >= 0.3 is 6.18 Å². The first kappa shape index (κ1) is 14.2. The summed E-state index contributed by atoms with van der Waals surface area (Å²) in [5.41, 5.74) is -0.737. The number of benzene rings is 2. The Hall–Kier alpha value is -2.24. The quantitative estimate of drug-likeness (QED) is 0.860. The molecule has 2 rings (SSSR count). The van der Waals surface area contributed by atoms with Gasteiger partial charge in [0, 0.05) is 6.07 Å². The molecular weight excluding hydrogens is 276 g/mol. The fraction of sp³-hybridized carbons (Fsp3) is 0.143. The summed E-state index contributed by atoms with van der Waals surface area (Å²) in [6, 6.07) is 9.43. The van der Waals surface area contributed by atoms with Crippen LogP contribution in [0.3, 0.4) is 0 Å². The minimum absolute atomic E-state index is 0.203. The van der Waals surface area contributed by atoms with Gasteiger partial charge in [0.25, 0.3) is 0 Å². The summed E-state index contributed by atoms with van der Waals surface area (Å²) in [4.78, 5) is 0. The van der Waals surface area contributed by atoms with Gasteiger partial charge in [0.05, 0.1) is 0 Å². The van der Waals surface area contributed by atoms with Crippen LogP contribution in [0, 0.1) is 5.82 Å². The van der Waals surface area contributed by atoms with Crippen molar-refractivity contribution in [3.8, 4) is 11.5 Å². The van der Waals surface area contributed by atoms with Gasteiger partial charge in [-0.25, -0.2) is 4.39 Å². The topological polar surface area (TPSA) is 29.5 Å². The Morgan fingerprint density at radius 1 is 1.05 bits per heavy atom. The van der Waals surface area contributed by atoms with Crippen LogP contribution in [0.2, 0.25) is 0 Å². The second-order valence-corrected chi connectivity index (χ2v) is 4.08. The standard InChI is InChI=1S/C14H10F4O2/c15-12-7-10(19)6-11(14(16,17)18)13(12)20-8-9-4-2-1-3-5-9/h1-7,19H,8H2. The van der Waals surface area contributed by atoms with Crippen molar-refractivity contribution in [2.45, 2.75) is 12.8 Å². The molecule has 0 aliphatic carbocycles. The summed E-state index contributed by atoms with van der Waals surface area (Å²) in [6.45, 7) is -0.203. The van der Waals surface area contributed by atoms with Crippen molar-refractivity contribution >= 4 is 0 Å². The van der Waals surface area contributed by atoms with E-state index in [1.165, 1.54) is 0 Å². The first-order chi connectivity index (χ1) is 9.38. The summed E-state index contributed by atoms with van der Waals surface area (Å²) in [7, 11) is 0. The molecule has 0 aliphatic rings. The zero-order valence-corrected chi connectivity index (χ0v) is 10.1. The van der Waals surface area contributed by atoms with E-state index in [-0.39, 0.29) is 6.61 Å². The number of phenols is 1. The lowest BCUT2D eigenvalue weighted by atomic mass is 10.1. The smallest absolute Gasteiger partial charge is 0.420 e. The van der Waals surface area contributed by atoms with Gasteiger partial charge in [-0.1, -0.05) is 30.3 Å². The molecule has 0 saturated carbocycles. The molecule has 0 aromatic heterocycles. The SMILES string of the molecule is Oc1cc(F)c(OCc2ccccc2)c(C(F)(F)F)c1. The van der Waals surface area contributed by atoms with Gasteiger partial charge in [0.1, 0.15) is 17.9 Å². The summed E-state index contributed by atoms with van der Waals surface area (Å²) in [5.74, 6) is -2.98. The first-order valence-corrected chi connectivity index (χ1v) is 5.64. The highest BCUT2D eigenvalue weighted by molar-refractivity contribution is 5.43. The molecule has 0 atom stereocenters. The fourth-order valence-corrected chi connectivity index (χ4v) is 1.67. The molecule has 1 N–H and O–H groups in total. The number of ether oxygens (including phenoxy) is 1. The summed E-state index contributed by atoms with van der Waals surface area (Å²) in [5, 5.41) is 9.07. The van der Waals surface area contributed by atoms with Crippen molar-refractivity contribution in [1.29, 1.82) is 0 Å². The Bertz CT molecular complexity index is 594. The molecule has 0 unspecified atom stereocenters. The van der Waals surface area contributed by atoms with Gasteiger partial charge in [0.2, 0.25) is 0 Å². The van der Waals surface area contributed by atoms with E-state index in [1.807, 2.05) is 0 Å². The van der Waals surface area contributed by atoms with Crippen LogP contribution < -0.4 is 4.74 Å². The van der Waals surface area contributed by atoms with Crippen molar-refractivity contribution in [3.05, 3.63) is 59.4 Å². The first-order valence-electron chi connectivity index (χ1n) is 5.64. The van der Waals surface area contributed by atoms with Gasteiger partial charge in [0.15, 0.2) is 11.6 Å². The highest BCUT2D eigenvalue weighted by Gasteiger charge is 2.36. The van der Waals surface area contributed by atoms with Gasteiger partial charge < -0.3 is 9.84 Å². The van der Waals surface area contributed by atoms with Crippen molar-refractivity contribution < 1.29 is 27.4 Å². The predicted octanol–water partition coefficient (Wildman–Crippen LogP) is 4.13. The fourth-order valence-electron chi connectivity index (χ4n) is 1.67. The molecule has 0 heterocycles. The monoisotopic (exact) mass is 286 g/mol. The number of hydrogen-bond donors (Lipinski definition) is 1. The van der Waals surface area contributed by atoms with Crippen LogP contribution in [-0.2, 0) is 12.8 Å².